The van der Waals surface area contributed by atoms with Crippen molar-refractivity contribution < 1.29 is 58.1 Å². The summed E-state index contributed by atoms with van der Waals surface area (Å²) in [7, 11) is 1.37. The van der Waals surface area contributed by atoms with Gasteiger partial charge in [-0.05, 0) is 72.6 Å². The van der Waals surface area contributed by atoms with Crippen molar-refractivity contribution >= 4 is 53.7 Å². The molecule has 0 saturated carbocycles. The van der Waals surface area contributed by atoms with Gasteiger partial charge < -0.3 is 57.1 Å². The maximum absolute atomic E-state index is 15.0. The summed E-state index contributed by atoms with van der Waals surface area (Å²) in [4.78, 5) is 127. The van der Waals surface area contributed by atoms with Crippen LogP contribution in [0.25, 0.3) is 0 Å². The molecule has 3 aliphatic rings. The number of carbonyl (C=O) groups is 9. The Bertz CT molecular complexity index is 2170. The zero-order chi connectivity index (χ0) is 52.7. The first-order valence-corrected chi connectivity index (χ1v) is 24.5. The van der Waals surface area contributed by atoms with Crippen molar-refractivity contribution in [2.24, 2.45) is 29.4 Å². The Morgan fingerprint density at radius 3 is 2.01 bits per heavy atom. The Balaban J connectivity index is 1.87. The molecule has 3 saturated heterocycles. The Labute approximate surface area is 415 Å². The van der Waals surface area contributed by atoms with Crippen LogP contribution in [0.1, 0.15) is 105 Å². The summed E-state index contributed by atoms with van der Waals surface area (Å²) in [6.45, 7) is 12.7. The number of aliphatic hydroxyl groups is 1. The quantitative estimate of drug-likeness (QED) is 0.0633. The highest BCUT2D eigenvalue weighted by molar-refractivity contribution is 5.96. The highest BCUT2D eigenvalue weighted by Crippen LogP contribution is 2.27. The third kappa shape index (κ3) is 17.1. The monoisotopic (exact) mass is 991 g/mol. The van der Waals surface area contributed by atoms with Crippen molar-refractivity contribution in [2.75, 3.05) is 7.05 Å². The number of nitrogens with two attached hydrogens (primary N) is 1. The third-order valence-corrected chi connectivity index (χ3v) is 12.7. The number of aliphatic hydroxyl groups excluding tert-OH is 1. The molecule has 3 fully saturated rings. The molecule has 8 amide bonds. The molecule has 3 heterocycles. The van der Waals surface area contributed by atoms with Gasteiger partial charge in [-0.15, -0.1) is 0 Å². The molecule has 0 radical (unpaired) electrons. The van der Waals surface area contributed by atoms with Crippen LogP contribution in [0.2, 0.25) is 0 Å². The fourth-order valence-corrected chi connectivity index (χ4v) is 9.00. The second-order valence-electron chi connectivity index (χ2n) is 20.2. The number of amides is 8. The zero-order valence-electron chi connectivity index (χ0n) is 42.1. The van der Waals surface area contributed by atoms with Crippen LogP contribution >= 0.6 is 0 Å². The van der Waals surface area contributed by atoms with Gasteiger partial charge >= 0.3 is 5.97 Å². The number of fused-ring (bicyclic) bond motifs is 17. The van der Waals surface area contributed by atoms with Gasteiger partial charge in [0.25, 0.3) is 0 Å². The lowest BCUT2D eigenvalue weighted by Crippen LogP contribution is -2.64. The number of hydrogen-bond acceptors (Lipinski definition) is 12. The van der Waals surface area contributed by atoms with Crippen LogP contribution in [-0.2, 0) is 60.7 Å². The Kier molecular flexibility index (Phi) is 21.3. The molecule has 5 rings (SSSR count). The number of nitrogens with zero attached hydrogens (tertiary/aromatic N) is 2. The van der Waals surface area contributed by atoms with E-state index in [1.807, 2.05) is 27.7 Å². The number of rotatable bonds is 17. The van der Waals surface area contributed by atoms with E-state index in [-0.39, 0.29) is 81.3 Å². The van der Waals surface area contributed by atoms with Gasteiger partial charge in [-0.25, -0.2) is 4.79 Å². The molecule has 2 aromatic rings. The minimum Gasteiger partial charge on any atom is -0.508 e. The second kappa shape index (κ2) is 26.6. The predicted molar refractivity (Wildman–Crippen MR) is 261 cm³/mol. The standard InChI is InChI=1S/C51H74N8O12/c1-28(2)20-34-26-43(64)59(27-60)39(25-32-12-10-9-11-13-32)50(69)58(8)38(24-33-14-16-35(61)17-15-33)48(67)56-44-31(7)23-40(71-51(44)70)45(49(68)55-37(21-29(3)4)47(66)53-34)57-46(65)36(18-19-41(52)62)54-42(63)22-30(5)6/h9-17,27-31,34,36-40,43-45,61,64H,18-26H2,1-8H3,(H2,52,62)(H,53,66)(H,54,63)(H,55,68)(H,56,67)(H,57,65)/t31?,34?,36-,37-,38-,39?,40?,43-,44-,45-/m0/s1. The first-order chi connectivity index (χ1) is 33.5. The molecule has 20 nitrogen and oxygen atoms in total. The first kappa shape index (κ1) is 57.0. The van der Waals surface area contributed by atoms with Crippen molar-refractivity contribution in [3.8, 4) is 5.75 Å². The summed E-state index contributed by atoms with van der Waals surface area (Å²) >= 11 is 0. The lowest BCUT2D eigenvalue weighted by atomic mass is 9.88. The topological polar surface area (TPSA) is 296 Å². The molecule has 20 heteroatoms. The maximum Gasteiger partial charge on any atom is 0.329 e. The van der Waals surface area contributed by atoms with E-state index in [0.29, 0.717) is 17.5 Å². The number of ether oxygens (including phenoxy) is 1. The molecule has 390 valence electrons. The smallest absolute Gasteiger partial charge is 0.329 e. The van der Waals surface area contributed by atoms with E-state index in [2.05, 4.69) is 26.6 Å². The number of aromatic hydroxyl groups is 1. The molecule has 3 aliphatic heterocycles. The van der Waals surface area contributed by atoms with E-state index in [0.717, 1.165) is 9.80 Å². The van der Waals surface area contributed by atoms with E-state index in [4.69, 9.17) is 10.5 Å². The predicted octanol–water partition coefficient (Wildman–Crippen LogP) is 1.33. The summed E-state index contributed by atoms with van der Waals surface area (Å²) in [6, 6.07) is 5.51. The summed E-state index contributed by atoms with van der Waals surface area (Å²) in [6.07, 6.45) is -3.42. The molecule has 9 N–H and O–H groups in total. The molecule has 2 aromatic carbocycles. The fourth-order valence-electron chi connectivity index (χ4n) is 9.00. The molecule has 71 heavy (non-hydrogen) atoms. The number of hydrogen-bond donors (Lipinski definition) is 8. The SMILES string of the molecule is CC(C)CC(=O)N[C@@H](CCC(N)=O)C(=O)N[C@@H]1C(=O)N[C@@H](CC(C)C)C(=O)NC(CC(C)C)C[C@H](O)N(C=O)C(Cc2ccccc2)C(=O)N(C)[C@@H](Cc2ccc(O)cc2)C(=O)N[C@@H]2C(=O)OC1CC2C. The Morgan fingerprint density at radius 1 is 0.817 bits per heavy atom. The van der Waals surface area contributed by atoms with Crippen LogP contribution in [0.4, 0.5) is 0 Å². The first-order valence-electron chi connectivity index (χ1n) is 24.5. The summed E-state index contributed by atoms with van der Waals surface area (Å²) < 4.78 is 5.92. The third-order valence-electron chi connectivity index (χ3n) is 12.7. The van der Waals surface area contributed by atoms with Gasteiger partial charge in [0.15, 0.2) is 0 Å². The number of likely N-dealkylation sites (N-methyl/N-ethyl adjacent to an activating group) is 1. The Morgan fingerprint density at radius 2 is 1.44 bits per heavy atom. The second-order valence-corrected chi connectivity index (χ2v) is 20.2. The van der Waals surface area contributed by atoms with E-state index in [1.165, 1.54) is 19.2 Å². The van der Waals surface area contributed by atoms with Gasteiger partial charge in [-0.2, -0.15) is 0 Å². The number of nitrogens with one attached hydrogen (secondary N) is 5. The van der Waals surface area contributed by atoms with Crippen molar-refractivity contribution in [3.05, 3.63) is 65.7 Å². The number of benzene rings is 2. The van der Waals surface area contributed by atoms with E-state index < -0.39 is 108 Å². The van der Waals surface area contributed by atoms with Crippen LogP contribution in [0, 0.1) is 23.7 Å². The number of esters is 1. The van der Waals surface area contributed by atoms with Crippen molar-refractivity contribution in [1.29, 1.82) is 0 Å². The average Bonchev–Trinajstić information content (AvgIpc) is 3.28. The molecule has 0 spiro atoms. The number of carbonyl (C=O) groups excluding carboxylic acids is 9. The fraction of sp³-hybridized carbons (Fsp3) is 0.588. The zero-order valence-corrected chi connectivity index (χ0v) is 42.1. The van der Waals surface area contributed by atoms with Crippen LogP contribution < -0.4 is 32.3 Å². The minimum absolute atomic E-state index is 0.0388. The molecule has 2 bridgehead atoms. The lowest BCUT2D eigenvalue weighted by molar-refractivity contribution is -0.166. The van der Waals surface area contributed by atoms with Crippen molar-refractivity contribution in [1.82, 2.24) is 36.4 Å². The van der Waals surface area contributed by atoms with Crippen LogP contribution in [0.15, 0.2) is 54.6 Å². The number of phenols is 1. The van der Waals surface area contributed by atoms with Crippen LogP contribution in [0.5, 0.6) is 5.75 Å². The van der Waals surface area contributed by atoms with Crippen molar-refractivity contribution in [3.63, 3.8) is 0 Å². The number of primary amides is 1. The van der Waals surface area contributed by atoms with E-state index >= 15 is 0 Å². The molecule has 4 unspecified atom stereocenters. The largest absolute Gasteiger partial charge is 0.508 e. The summed E-state index contributed by atoms with van der Waals surface area (Å²) in [5.41, 5.74) is 6.57. The van der Waals surface area contributed by atoms with Gasteiger partial charge in [-0.1, -0.05) is 90.9 Å². The molecule has 10 atom stereocenters. The molecule has 0 aliphatic carbocycles. The average molecular weight is 991 g/mol. The van der Waals surface area contributed by atoms with Gasteiger partial charge in [0.2, 0.25) is 47.8 Å². The van der Waals surface area contributed by atoms with Crippen LogP contribution in [0.3, 0.4) is 0 Å². The summed E-state index contributed by atoms with van der Waals surface area (Å²) in [5, 5.41) is 35.7. The summed E-state index contributed by atoms with van der Waals surface area (Å²) in [5.74, 6) is -7.42. The molecular weight excluding hydrogens is 917 g/mol. The number of phenolic OH excluding ortho intramolecular Hbond substituents is 1. The van der Waals surface area contributed by atoms with Gasteiger partial charge in [0, 0.05) is 45.2 Å². The molecular formula is C51H74N8O12. The van der Waals surface area contributed by atoms with E-state index in [1.54, 1.807) is 63.2 Å². The van der Waals surface area contributed by atoms with Crippen LogP contribution in [-0.4, -0.2) is 135 Å². The molecule has 0 aromatic heterocycles. The minimum atomic E-state index is -1.68. The van der Waals surface area contributed by atoms with Gasteiger partial charge in [0.1, 0.15) is 54.3 Å². The lowest BCUT2D eigenvalue weighted by Gasteiger charge is -2.40. The highest BCUT2D eigenvalue weighted by Gasteiger charge is 2.46. The normalized spacial score (nSPS) is 25.5. The van der Waals surface area contributed by atoms with Gasteiger partial charge in [0.05, 0.1) is 0 Å². The maximum atomic E-state index is 15.0. The van der Waals surface area contributed by atoms with E-state index in [9.17, 15) is 53.4 Å². The Hall–Kier alpha value is -6.57. The van der Waals surface area contributed by atoms with Gasteiger partial charge in [-0.3, -0.25) is 38.4 Å². The highest BCUT2D eigenvalue weighted by atomic mass is 16.5. The van der Waals surface area contributed by atoms with Crippen molar-refractivity contribution in [2.45, 2.75) is 161 Å².